The van der Waals surface area contributed by atoms with Crippen molar-refractivity contribution in [3.05, 3.63) is 71.0 Å². The van der Waals surface area contributed by atoms with Crippen molar-refractivity contribution >= 4 is 17.7 Å². The highest BCUT2D eigenvalue weighted by atomic mass is 19.1. The lowest BCUT2D eigenvalue weighted by molar-refractivity contribution is -0.145. The molecule has 5 nitrogen and oxygen atoms in total. The Morgan fingerprint density at radius 2 is 1.76 bits per heavy atom. The zero-order valence-electron chi connectivity index (χ0n) is 13.9. The molecule has 0 radical (unpaired) electrons. The molecule has 0 unspecified atom stereocenters. The van der Waals surface area contributed by atoms with Crippen LogP contribution in [0, 0.1) is 12.7 Å². The van der Waals surface area contributed by atoms with E-state index in [1.807, 2.05) is 13.0 Å². The molecule has 2 rings (SSSR count). The van der Waals surface area contributed by atoms with Crippen LogP contribution in [0.15, 0.2) is 48.5 Å². The van der Waals surface area contributed by atoms with Gasteiger partial charge in [0, 0.05) is 11.1 Å². The van der Waals surface area contributed by atoms with E-state index in [0.717, 1.165) is 17.7 Å². The largest absolute Gasteiger partial charge is 0.453 e. The average molecular weight is 343 g/mol. The number of rotatable bonds is 6. The SMILES string of the molecule is Cc1cccc(C(=O)NCC(=O)O[C@H](C)C(=O)c2ccc(F)cc2)c1. The minimum atomic E-state index is -1.03. The van der Waals surface area contributed by atoms with Gasteiger partial charge in [-0.15, -0.1) is 0 Å². The third kappa shape index (κ3) is 5.24. The summed E-state index contributed by atoms with van der Waals surface area (Å²) in [7, 11) is 0. The summed E-state index contributed by atoms with van der Waals surface area (Å²) < 4.78 is 17.9. The molecular formula is C19H18FNO4. The van der Waals surface area contributed by atoms with Gasteiger partial charge in [0.15, 0.2) is 6.10 Å². The number of hydrogen-bond donors (Lipinski definition) is 1. The van der Waals surface area contributed by atoms with Crippen LogP contribution in [0.4, 0.5) is 4.39 Å². The van der Waals surface area contributed by atoms with E-state index in [0.29, 0.717) is 5.56 Å². The topological polar surface area (TPSA) is 72.5 Å². The van der Waals surface area contributed by atoms with Crippen LogP contribution in [0.2, 0.25) is 0 Å². The first kappa shape index (κ1) is 18.3. The third-order valence-corrected chi connectivity index (χ3v) is 3.48. The van der Waals surface area contributed by atoms with Crippen molar-refractivity contribution in [1.82, 2.24) is 5.32 Å². The van der Waals surface area contributed by atoms with Gasteiger partial charge < -0.3 is 10.1 Å². The number of ketones is 1. The first-order chi connectivity index (χ1) is 11.9. The lowest BCUT2D eigenvalue weighted by Crippen LogP contribution is -2.34. The molecular weight excluding hydrogens is 325 g/mol. The zero-order chi connectivity index (χ0) is 18.4. The fourth-order valence-corrected chi connectivity index (χ4v) is 2.18. The van der Waals surface area contributed by atoms with Gasteiger partial charge in [-0.3, -0.25) is 14.4 Å². The molecule has 0 aliphatic rings. The fourth-order valence-electron chi connectivity index (χ4n) is 2.18. The van der Waals surface area contributed by atoms with Crippen molar-refractivity contribution in [2.45, 2.75) is 20.0 Å². The summed E-state index contributed by atoms with van der Waals surface area (Å²) in [5, 5.41) is 2.44. The Morgan fingerprint density at radius 1 is 1.08 bits per heavy atom. The molecule has 0 fully saturated rings. The van der Waals surface area contributed by atoms with Gasteiger partial charge >= 0.3 is 5.97 Å². The van der Waals surface area contributed by atoms with Gasteiger partial charge in [-0.25, -0.2) is 4.39 Å². The number of carbonyl (C=O) groups is 3. The van der Waals surface area contributed by atoms with Crippen molar-refractivity contribution in [3.8, 4) is 0 Å². The first-order valence-electron chi connectivity index (χ1n) is 7.71. The molecule has 0 saturated heterocycles. The molecule has 25 heavy (non-hydrogen) atoms. The highest BCUT2D eigenvalue weighted by Crippen LogP contribution is 2.08. The van der Waals surface area contributed by atoms with Gasteiger partial charge in [0.1, 0.15) is 12.4 Å². The molecule has 0 heterocycles. The summed E-state index contributed by atoms with van der Waals surface area (Å²) in [6, 6.07) is 11.9. The van der Waals surface area contributed by atoms with E-state index in [-0.39, 0.29) is 12.1 Å². The van der Waals surface area contributed by atoms with Gasteiger partial charge in [0.25, 0.3) is 5.91 Å². The molecule has 1 N–H and O–H groups in total. The normalized spacial score (nSPS) is 11.5. The second-order valence-electron chi connectivity index (χ2n) is 5.56. The second-order valence-corrected chi connectivity index (χ2v) is 5.56. The summed E-state index contributed by atoms with van der Waals surface area (Å²) >= 11 is 0. The van der Waals surface area contributed by atoms with E-state index in [4.69, 9.17) is 4.74 Å². The first-order valence-corrected chi connectivity index (χ1v) is 7.71. The number of carbonyl (C=O) groups excluding carboxylic acids is 3. The molecule has 130 valence electrons. The van der Waals surface area contributed by atoms with Crippen LogP contribution in [-0.2, 0) is 9.53 Å². The highest BCUT2D eigenvalue weighted by Gasteiger charge is 2.20. The highest BCUT2D eigenvalue weighted by molar-refractivity contribution is 6.00. The molecule has 0 bridgehead atoms. The molecule has 0 spiro atoms. The van der Waals surface area contributed by atoms with Gasteiger partial charge in [-0.05, 0) is 50.2 Å². The molecule has 0 aliphatic heterocycles. The van der Waals surface area contributed by atoms with Crippen molar-refractivity contribution in [2.24, 2.45) is 0 Å². The van der Waals surface area contributed by atoms with Gasteiger partial charge in [-0.1, -0.05) is 17.7 Å². The molecule has 0 aliphatic carbocycles. The lowest BCUT2D eigenvalue weighted by Gasteiger charge is -2.13. The van der Waals surface area contributed by atoms with E-state index in [1.165, 1.54) is 19.1 Å². The monoisotopic (exact) mass is 343 g/mol. The molecule has 6 heteroatoms. The predicted octanol–water partition coefficient (Wildman–Crippen LogP) is 2.68. The number of benzene rings is 2. The Bertz CT molecular complexity index is 786. The van der Waals surface area contributed by atoms with E-state index >= 15 is 0 Å². The number of nitrogens with one attached hydrogen (secondary N) is 1. The molecule has 0 aromatic heterocycles. The summed E-state index contributed by atoms with van der Waals surface area (Å²) in [5.41, 5.74) is 1.60. The lowest BCUT2D eigenvalue weighted by atomic mass is 10.1. The van der Waals surface area contributed by atoms with Crippen LogP contribution in [-0.4, -0.2) is 30.3 Å². The number of amides is 1. The number of aryl methyl sites for hydroxylation is 1. The number of hydrogen-bond acceptors (Lipinski definition) is 4. The molecule has 0 saturated carbocycles. The van der Waals surface area contributed by atoms with Crippen molar-refractivity contribution in [1.29, 1.82) is 0 Å². The van der Waals surface area contributed by atoms with E-state index in [1.54, 1.807) is 18.2 Å². The van der Waals surface area contributed by atoms with Crippen LogP contribution < -0.4 is 5.32 Å². The summed E-state index contributed by atoms with van der Waals surface area (Å²) in [4.78, 5) is 35.9. The number of halogens is 1. The minimum absolute atomic E-state index is 0.241. The maximum absolute atomic E-state index is 12.9. The summed E-state index contributed by atoms with van der Waals surface area (Å²) in [5.74, 6) is -2.04. The quantitative estimate of drug-likeness (QED) is 0.646. The zero-order valence-corrected chi connectivity index (χ0v) is 13.9. The van der Waals surface area contributed by atoms with E-state index < -0.39 is 29.6 Å². The van der Waals surface area contributed by atoms with Crippen LogP contribution >= 0.6 is 0 Å². The number of esters is 1. The maximum Gasteiger partial charge on any atom is 0.326 e. The fraction of sp³-hybridized carbons (Fsp3) is 0.211. The number of ether oxygens (including phenoxy) is 1. The standard InChI is InChI=1S/C19H18FNO4/c1-12-4-3-5-15(10-12)19(24)21-11-17(22)25-13(2)18(23)14-6-8-16(20)9-7-14/h3-10,13H,11H2,1-2H3,(H,21,24)/t13-/m1/s1. The van der Waals surface area contributed by atoms with E-state index in [9.17, 15) is 18.8 Å². The third-order valence-electron chi connectivity index (χ3n) is 3.48. The van der Waals surface area contributed by atoms with Gasteiger partial charge in [0.2, 0.25) is 5.78 Å². The van der Waals surface area contributed by atoms with Crippen LogP contribution in [0.5, 0.6) is 0 Å². The summed E-state index contributed by atoms with van der Waals surface area (Å²) in [6.45, 7) is 2.92. The van der Waals surface area contributed by atoms with Crippen LogP contribution in [0.25, 0.3) is 0 Å². The maximum atomic E-state index is 12.9. The predicted molar refractivity (Wildman–Crippen MR) is 89.8 cm³/mol. The number of Topliss-reactive ketones (excluding diaryl/α,β-unsaturated/α-hetero) is 1. The van der Waals surface area contributed by atoms with Gasteiger partial charge in [-0.2, -0.15) is 0 Å². The Kier molecular flexibility index (Phi) is 6.00. The molecule has 1 atom stereocenters. The Morgan fingerprint density at radius 3 is 2.40 bits per heavy atom. The summed E-state index contributed by atoms with van der Waals surface area (Å²) in [6.07, 6.45) is -1.03. The molecule has 1 amide bonds. The van der Waals surface area contributed by atoms with Crippen molar-refractivity contribution < 1.29 is 23.5 Å². The average Bonchev–Trinajstić information content (AvgIpc) is 2.59. The second kappa shape index (κ2) is 8.19. The smallest absolute Gasteiger partial charge is 0.326 e. The van der Waals surface area contributed by atoms with Crippen molar-refractivity contribution in [3.63, 3.8) is 0 Å². The van der Waals surface area contributed by atoms with Crippen LogP contribution in [0.1, 0.15) is 33.2 Å². The van der Waals surface area contributed by atoms with Crippen molar-refractivity contribution in [2.75, 3.05) is 6.54 Å². The van der Waals surface area contributed by atoms with E-state index in [2.05, 4.69) is 5.32 Å². The minimum Gasteiger partial charge on any atom is -0.453 e. The van der Waals surface area contributed by atoms with Crippen LogP contribution in [0.3, 0.4) is 0 Å². The Hall–Kier alpha value is -3.02. The molecule has 2 aromatic carbocycles. The Labute approximate surface area is 144 Å². The molecule has 2 aromatic rings. The van der Waals surface area contributed by atoms with Gasteiger partial charge in [0.05, 0.1) is 0 Å². The Balaban J connectivity index is 1.86.